The number of hydrogen-bond acceptors (Lipinski definition) is 4. The van der Waals surface area contributed by atoms with Crippen LogP contribution in [-0.4, -0.2) is 27.6 Å². The van der Waals surface area contributed by atoms with Gasteiger partial charge in [0.15, 0.2) is 11.0 Å². The molecule has 0 fully saturated rings. The summed E-state index contributed by atoms with van der Waals surface area (Å²) in [6.07, 6.45) is 4.23. The molecule has 0 N–H and O–H groups in total. The summed E-state index contributed by atoms with van der Waals surface area (Å²) < 4.78 is 7.62. The maximum atomic E-state index is 6.22. The number of ether oxygens (including phenoxy) is 1. The zero-order valence-corrected chi connectivity index (χ0v) is 18.0. The normalized spacial score (nSPS) is 11.1. The van der Waals surface area contributed by atoms with E-state index in [1.807, 2.05) is 71.3 Å². The SMILES string of the molecule is COc1ccccc1-n1c(SCC=Cc2ccccc2)nnc1-c1cccc(Cl)c1. The van der Waals surface area contributed by atoms with Crippen molar-refractivity contribution in [2.75, 3.05) is 12.9 Å². The van der Waals surface area contributed by atoms with Crippen LogP contribution in [0.25, 0.3) is 23.2 Å². The van der Waals surface area contributed by atoms with Crippen LogP contribution in [-0.2, 0) is 0 Å². The molecule has 0 aliphatic rings. The predicted octanol–water partition coefficient (Wildman–Crippen LogP) is 6.40. The average molecular weight is 434 g/mol. The van der Waals surface area contributed by atoms with Crippen molar-refractivity contribution in [1.29, 1.82) is 0 Å². The van der Waals surface area contributed by atoms with E-state index in [2.05, 4.69) is 34.5 Å². The average Bonchev–Trinajstić information content (AvgIpc) is 3.21. The van der Waals surface area contributed by atoms with Gasteiger partial charge in [-0.25, -0.2) is 0 Å². The molecule has 1 heterocycles. The molecule has 0 bridgehead atoms. The predicted molar refractivity (Wildman–Crippen MR) is 125 cm³/mol. The monoisotopic (exact) mass is 433 g/mol. The molecule has 30 heavy (non-hydrogen) atoms. The van der Waals surface area contributed by atoms with Crippen LogP contribution in [0.3, 0.4) is 0 Å². The number of para-hydroxylation sites is 2. The first-order chi connectivity index (χ1) is 14.8. The summed E-state index contributed by atoms with van der Waals surface area (Å²) in [6.45, 7) is 0. The highest BCUT2D eigenvalue weighted by atomic mass is 35.5. The first kappa shape index (κ1) is 20.3. The molecule has 0 radical (unpaired) electrons. The van der Waals surface area contributed by atoms with Gasteiger partial charge in [-0.2, -0.15) is 0 Å². The van der Waals surface area contributed by atoms with Crippen LogP contribution < -0.4 is 4.74 Å². The summed E-state index contributed by atoms with van der Waals surface area (Å²) in [5, 5.41) is 10.4. The lowest BCUT2D eigenvalue weighted by Gasteiger charge is -2.13. The molecule has 4 aromatic rings. The molecule has 0 atom stereocenters. The zero-order valence-electron chi connectivity index (χ0n) is 16.4. The van der Waals surface area contributed by atoms with Crippen molar-refractivity contribution in [3.05, 3.63) is 95.5 Å². The molecular formula is C24H20ClN3OS. The van der Waals surface area contributed by atoms with Gasteiger partial charge in [0.05, 0.1) is 12.8 Å². The van der Waals surface area contributed by atoms with Gasteiger partial charge in [-0.1, -0.05) is 90.1 Å². The van der Waals surface area contributed by atoms with Crippen LogP contribution in [0.4, 0.5) is 0 Å². The summed E-state index contributed by atoms with van der Waals surface area (Å²) in [5.41, 5.74) is 2.95. The third kappa shape index (κ3) is 4.58. The van der Waals surface area contributed by atoms with Crippen molar-refractivity contribution >= 4 is 29.4 Å². The van der Waals surface area contributed by atoms with E-state index < -0.39 is 0 Å². The molecule has 150 valence electrons. The van der Waals surface area contributed by atoms with E-state index >= 15 is 0 Å². The minimum Gasteiger partial charge on any atom is -0.495 e. The smallest absolute Gasteiger partial charge is 0.196 e. The number of nitrogens with zero attached hydrogens (tertiary/aromatic N) is 3. The molecule has 0 aliphatic heterocycles. The van der Waals surface area contributed by atoms with Crippen molar-refractivity contribution in [2.45, 2.75) is 5.16 Å². The van der Waals surface area contributed by atoms with Crippen molar-refractivity contribution in [3.8, 4) is 22.8 Å². The first-order valence-corrected chi connectivity index (χ1v) is 10.8. The fourth-order valence-electron chi connectivity index (χ4n) is 3.08. The van der Waals surface area contributed by atoms with Gasteiger partial charge in [-0.3, -0.25) is 4.57 Å². The van der Waals surface area contributed by atoms with Gasteiger partial charge in [-0.05, 0) is 29.8 Å². The van der Waals surface area contributed by atoms with Gasteiger partial charge in [0, 0.05) is 16.3 Å². The lowest BCUT2D eigenvalue weighted by Crippen LogP contribution is -2.02. The Morgan fingerprint density at radius 1 is 0.967 bits per heavy atom. The van der Waals surface area contributed by atoms with Crippen molar-refractivity contribution in [1.82, 2.24) is 14.8 Å². The number of halogens is 1. The fraction of sp³-hybridized carbons (Fsp3) is 0.0833. The molecular weight excluding hydrogens is 414 g/mol. The van der Waals surface area contributed by atoms with Crippen LogP contribution in [0, 0.1) is 0 Å². The molecule has 0 spiro atoms. The van der Waals surface area contributed by atoms with Crippen molar-refractivity contribution in [2.24, 2.45) is 0 Å². The minimum atomic E-state index is 0.655. The molecule has 4 rings (SSSR count). The van der Waals surface area contributed by atoms with Gasteiger partial charge in [0.1, 0.15) is 5.75 Å². The van der Waals surface area contributed by atoms with Gasteiger partial charge in [-0.15, -0.1) is 10.2 Å². The number of aromatic nitrogens is 3. The Morgan fingerprint density at radius 3 is 2.57 bits per heavy atom. The van der Waals surface area contributed by atoms with Gasteiger partial charge >= 0.3 is 0 Å². The van der Waals surface area contributed by atoms with E-state index in [9.17, 15) is 0 Å². The summed E-state index contributed by atoms with van der Waals surface area (Å²) >= 11 is 7.84. The lowest BCUT2D eigenvalue weighted by molar-refractivity contribution is 0.412. The van der Waals surface area contributed by atoms with E-state index in [0.717, 1.165) is 33.7 Å². The third-order valence-corrected chi connectivity index (χ3v) is 5.58. The molecule has 1 aromatic heterocycles. The Morgan fingerprint density at radius 2 is 1.77 bits per heavy atom. The van der Waals surface area contributed by atoms with Crippen LogP contribution >= 0.6 is 23.4 Å². The minimum absolute atomic E-state index is 0.655. The highest BCUT2D eigenvalue weighted by molar-refractivity contribution is 7.99. The van der Waals surface area contributed by atoms with Gasteiger partial charge in [0.2, 0.25) is 0 Å². The highest BCUT2D eigenvalue weighted by Crippen LogP contribution is 2.33. The van der Waals surface area contributed by atoms with Crippen molar-refractivity contribution < 1.29 is 4.74 Å². The van der Waals surface area contributed by atoms with Crippen LogP contribution in [0.2, 0.25) is 5.02 Å². The molecule has 0 saturated carbocycles. The molecule has 0 unspecified atom stereocenters. The lowest BCUT2D eigenvalue weighted by atomic mass is 10.2. The van der Waals surface area contributed by atoms with E-state index in [0.29, 0.717) is 5.02 Å². The fourth-order valence-corrected chi connectivity index (χ4v) is 4.02. The molecule has 0 aliphatic carbocycles. The quantitative estimate of drug-likeness (QED) is 0.316. The highest BCUT2D eigenvalue weighted by Gasteiger charge is 2.18. The van der Waals surface area contributed by atoms with Crippen LogP contribution in [0.15, 0.2) is 90.1 Å². The second-order valence-electron chi connectivity index (χ2n) is 6.45. The largest absolute Gasteiger partial charge is 0.495 e. The van der Waals surface area contributed by atoms with E-state index in [1.165, 1.54) is 5.56 Å². The maximum Gasteiger partial charge on any atom is 0.196 e. The standard InChI is InChI=1S/C24H20ClN3OS/c1-29-22-15-6-5-14-21(22)28-23(19-12-7-13-20(25)17-19)26-27-24(28)30-16-8-11-18-9-3-2-4-10-18/h2-15,17H,16H2,1H3. The van der Waals surface area contributed by atoms with E-state index in [4.69, 9.17) is 16.3 Å². The Balaban J connectivity index is 1.69. The van der Waals surface area contributed by atoms with Crippen LogP contribution in [0.1, 0.15) is 5.56 Å². The maximum absolute atomic E-state index is 6.22. The first-order valence-electron chi connectivity index (χ1n) is 9.45. The topological polar surface area (TPSA) is 39.9 Å². The molecule has 4 nitrogen and oxygen atoms in total. The Labute approximate surface area is 185 Å². The molecule has 0 amide bonds. The number of benzene rings is 3. The second kappa shape index (κ2) is 9.65. The summed E-state index contributed by atoms with van der Waals surface area (Å²) in [4.78, 5) is 0. The molecule has 3 aromatic carbocycles. The van der Waals surface area contributed by atoms with Gasteiger partial charge < -0.3 is 4.74 Å². The molecule has 0 saturated heterocycles. The van der Waals surface area contributed by atoms with Gasteiger partial charge in [0.25, 0.3) is 0 Å². The number of thioether (sulfide) groups is 1. The third-order valence-electron chi connectivity index (χ3n) is 4.46. The number of hydrogen-bond donors (Lipinski definition) is 0. The zero-order chi connectivity index (χ0) is 20.8. The Hall–Kier alpha value is -3.02. The number of rotatable bonds is 7. The number of methoxy groups -OCH3 is 1. The second-order valence-corrected chi connectivity index (χ2v) is 7.87. The Kier molecular flexibility index (Phi) is 6.52. The van der Waals surface area contributed by atoms with Crippen molar-refractivity contribution in [3.63, 3.8) is 0 Å². The van der Waals surface area contributed by atoms with E-state index in [-0.39, 0.29) is 0 Å². The summed E-state index contributed by atoms with van der Waals surface area (Å²) in [6, 6.07) is 25.7. The van der Waals surface area contributed by atoms with Crippen LogP contribution in [0.5, 0.6) is 5.75 Å². The summed E-state index contributed by atoms with van der Waals surface area (Å²) in [7, 11) is 1.66. The Bertz CT molecular complexity index is 1160. The van der Waals surface area contributed by atoms with E-state index in [1.54, 1.807) is 18.9 Å². The summed E-state index contributed by atoms with van der Waals surface area (Å²) in [5.74, 6) is 2.23. The molecule has 6 heteroatoms.